The molecular weight excluding hydrogens is 432 g/mol. The number of tetrazole rings is 1. The molecule has 0 aliphatic carbocycles. The lowest BCUT2D eigenvalue weighted by Crippen LogP contribution is -2.07. The second-order valence-corrected chi connectivity index (χ2v) is 8.15. The fraction of sp³-hybridized carbons (Fsp3) is 0.250. The van der Waals surface area contributed by atoms with Crippen molar-refractivity contribution in [1.29, 1.82) is 0 Å². The van der Waals surface area contributed by atoms with Crippen LogP contribution in [0, 0.1) is 6.92 Å². The number of rotatable bonds is 8. The number of nitrogens with one attached hydrogen (secondary N) is 1. The van der Waals surface area contributed by atoms with Crippen LogP contribution in [0.25, 0.3) is 28.3 Å². The number of carboxylic acid groups (broad SMARTS) is 1. The van der Waals surface area contributed by atoms with Crippen LogP contribution in [0.2, 0.25) is 0 Å². The van der Waals surface area contributed by atoms with Crippen LogP contribution in [0.3, 0.4) is 0 Å². The first kappa shape index (κ1) is 21.5. The molecule has 5 rings (SSSR count). The number of benzene rings is 2. The molecule has 0 spiro atoms. The summed E-state index contributed by atoms with van der Waals surface area (Å²) in [6.45, 7) is 4.42. The number of unbranched alkanes of at least 4 members (excludes halogenated alkanes) is 1. The molecule has 3 heterocycles. The molecule has 0 amide bonds. The van der Waals surface area contributed by atoms with Crippen molar-refractivity contribution in [2.45, 2.75) is 39.7 Å². The van der Waals surface area contributed by atoms with Crippen LogP contribution in [-0.4, -0.2) is 50.9 Å². The third-order valence-corrected chi connectivity index (χ3v) is 5.91. The molecule has 0 bridgehead atoms. The molecule has 0 saturated carbocycles. The molecule has 0 unspecified atom stereocenters. The van der Waals surface area contributed by atoms with Crippen LogP contribution >= 0.6 is 0 Å². The molecule has 5 aromatic rings. The van der Waals surface area contributed by atoms with Gasteiger partial charge in [-0.25, -0.2) is 14.3 Å². The highest BCUT2D eigenvalue weighted by Crippen LogP contribution is 2.30. The normalized spacial score (nSPS) is 11.4. The second-order valence-electron chi connectivity index (χ2n) is 8.15. The van der Waals surface area contributed by atoms with Crippen molar-refractivity contribution in [1.82, 2.24) is 39.8 Å². The van der Waals surface area contributed by atoms with E-state index >= 15 is 0 Å². The summed E-state index contributed by atoms with van der Waals surface area (Å²) in [5.41, 5.74) is 4.58. The second kappa shape index (κ2) is 8.89. The summed E-state index contributed by atoms with van der Waals surface area (Å²) in [4.78, 5) is 16.0. The molecular formula is C24H24N8O2. The maximum absolute atomic E-state index is 11.6. The Morgan fingerprint density at radius 2 is 1.85 bits per heavy atom. The summed E-state index contributed by atoms with van der Waals surface area (Å²) in [5.74, 6) is 0.947. The number of fused-ring (bicyclic) bond motifs is 1. The maximum Gasteiger partial charge on any atom is 0.356 e. The van der Waals surface area contributed by atoms with Gasteiger partial charge in [-0.05, 0) is 35.2 Å². The van der Waals surface area contributed by atoms with Crippen molar-refractivity contribution in [2.75, 3.05) is 0 Å². The van der Waals surface area contributed by atoms with Gasteiger partial charge in [-0.15, -0.1) is 10.2 Å². The highest BCUT2D eigenvalue weighted by atomic mass is 16.4. The largest absolute Gasteiger partial charge is 0.476 e. The number of nitrogens with zero attached hydrogens (tertiary/aromatic N) is 7. The van der Waals surface area contributed by atoms with Gasteiger partial charge in [-0.3, -0.25) is 4.57 Å². The average molecular weight is 457 g/mol. The first-order chi connectivity index (χ1) is 16.6. The Kier molecular flexibility index (Phi) is 5.62. The van der Waals surface area contributed by atoms with Gasteiger partial charge in [-0.1, -0.05) is 61.9 Å². The van der Waals surface area contributed by atoms with Gasteiger partial charge in [0.05, 0.1) is 12.2 Å². The van der Waals surface area contributed by atoms with Crippen molar-refractivity contribution >= 4 is 11.7 Å². The van der Waals surface area contributed by atoms with Gasteiger partial charge in [0.25, 0.3) is 0 Å². The molecule has 0 saturated heterocycles. The Hall–Kier alpha value is -4.34. The van der Waals surface area contributed by atoms with Crippen molar-refractivity contribution in [3.8, 4) is 22.5 Å². The predicted molar refractivity (Wildman–Crippen MR) is 125 cm³/mol. The van der Waals surface area contributed by atoms with Crippen LogP contribution in [0.1, 0.15) is 47.3 Å². The highest BCUT2D eigenvalue weighted by Gasteiger charge is 2.21. The minimum atomic E-state index is -1.05. The van der Waals surface area contributed by atoms with E-state index in [4.69, 9.17) is 0 Å². The lowest BCUT2D eigenvalue weighted by Gasteiger charge is -2.10. The van der Waals surface area contributed by atoms with Crippen LogP contribution < -0.4 is 0 Å². The maximum atomic E-state index is 11.6. The van der Waals surface area contributed by atoms with Gasteiger partial charge in [0, 0.05) is 12.0 Å². The number of aryl methyl sites for hydroxylation is 2. The Bertz CT molecular complexity index is 1450. The Morgan fingerprint density at radius 1 is 1.09 bits per heavy atom. The topological polar surface area (TPSA) is 127 Å². The number of hydrogen-bond donors (Lipinski definition) is 2. The zero-order valence-corrected chi connectivity index (χ0v) is 18.9. The molecule has 3 aromatic heterocycles. The molecule has 34 heavy (non-hydrogen) atoms. The molecule has 10 heteroatoms. The van der Waals surface area contributed by atoms with Gasteiger partial charge >= 0.3 is 5.97 Å². The molecule has 172 valence electrons. The van der Waals surface area contributed by atoms with Crippen molar-refractivity contribution in [3.05, 3.63) is 71.3 Å². The third-order valence-electron chi connectivity index (χ3n) is 5.91. The average Bonchev–Trinajstić information content (AvgIpc) is 3.57. The van der Waals surface area contributed by atoms with Crippen LogP contribution in [0.15, 0.2) is 48.5 Å². The number of H-pyrrole nitrogens is 1. The Morgan fingerprint density at radius 3 is 2.53 bits per heavy atom. The standard InChI is InChI=1S/C24H24N8O2/c1-3-4-9-20-28-32-15(2)21(23(33)34)25-24(32)31(20)14-16-10-12-17(13-11-16)18-7-5-6-8-19(18)22-26-29-30-27-22/h5-8,10-13H,3-4,9,14H2,1-2H3,(H,33,34)(H,26,27,29,30). The van der Waals surface area contributed by atoms with Crippen molar-refractivity contribution in [3.63, 3.8) is 0 Å². The summed E-state index contributed by atoms with van der Waals surface area (Å²) in [6, 6.07) is 16.2. The number of carboxylic acids is 1. The summed E-state index contributed by atoms with van der Waals surface area (Å²) >= 11 is 0. The number of carbonyl (C=O) groups is 1. The number of hydrogen-bond acceptors (Lipinski definition) is 6. The van der Waals surface area contributed by atoms with E-state index in [1.165, 1.54) is 0 Å². The minimum absolute atomic E-state index is 0.0340. The Labute approximate surface area is 195 Å². The van der Waals surface area contributed by atoms with Gasteiger partial charge in [0.15, 0.2) is 5.69 Å². The van der Waals surface area contributed by atoms with E-state index in [0.29, 0.717) is 23.8 Å². The number of aromatic nitrogens is 8. The van der Waals surface area contributed by atoms with E-state index < -0.39 is 5.97 Å². The highest BCUT2D eigenvalue weighted by molar-refractivity contribution is 5.87. The van der Waals surface area contributed by atoms with Crippen LogP contribution in [0.4, 0.5) is 0 Å². The zero-order valence-electron chi connectivity index (χ0n) is 18.9. The molecule has 10 nitrogen and oxygen atoms in total. The van der Waals surface area contributed by atoms with Gasteiger partial charge in [-0.2, -0.15) is 10.3 Å². The van der Waals surface area contributed by atoms with E-state index in [1.54, 1.807) is 11.4 Å². The minimum Gasteiger partial charge on any atom is -0.476 e. The van der Waals surface area contributed by atoms with E-state index in [0.717, 1.165) is 47.3 Å². The van der Waals surface area contributed by atoms with Crippen LogP contribution in [0.5, 0.6) is 0 Å². The molecule has 0 fully saturated rings. The molecule has 0 atom stereocenters. The summed E-state index contributed by atoms with van der Waals surface area (Å²) < 4.78 is 3.65. The number of imidazole rings is 1. The first-order valence-electron chi connectivity index (χ1n) is 11.2. The predicted octanol–water partition coefficient (Wildman–Crippen LogP) is 3.78. The third kappa shape index (κ3) is 3.83. The van der Waals surface area contributed by atoms with Crippen LogP contribution in [-0.2, 0) is 13.0 Å². The number of aromatic carboxylic acids is 1. The quantitative estimate of drug-likeness (QED) is 0.364. The summed E-state index contributed by atoms with van der Waals surface area (Å²) in [5, 5.41) is 28.6. The molecule has 0 aliphatic heterocycles. The van der Waals surface area contributed by atoms with E-state index in [2.05, 4.69) is 61.9 Å². The van der Waals surface area contributed by atoms with E-state index in [-0.39, 0.29) is 5.69 Å². The Balaban J connectivity index is 1.49. The molecule has 2 N–H and O–H groups in total. The van der Waals surface area contributed by atoms with Gasteiger partial charge in [0.2, 0.25) is 11.6 Å². The lowest BCUT2D eigenvalue weighted by atomic mass is 9.98. The SMILES string of the molecule is CCCCc1nn2c(C)c(C(=O)O)nc2n1Cc1ccc(-c2ccccc2-c2nn[nH]n2)cc1. The lowest BCUT2D eigenvalue weighted by molar-refractivity contribution is 0.0690. The summed E-state index contributed by atoms with van der Waals surface area (Å²) in [7, 11) is 0. The molecule has 2 aromatic carbocycles. The first-order valence-corrected chi connectivity index (χ1v) is 11.2. The molecule has 0 radical (unpaired) electrons. The number of aromatic amines is 1. The smallest absolute Gasteiger partial charge is 0.356 e. The van der Waals surface area contributed by atoms with Gasteiger partial charge in [0.1, 0.15) is 5.82 Å². The fourth-order valence-corrected chi connectivity index (χ4v) is 4.12. The van der Waals surface area contributed by atoms with Gasteiger partial charge < -0.3 is 5.11 Å². The molecule has 0 aliphatic rings. The fourth-order valence-electron chi connectivity index (χ4n) is 4.12. The zero-order chi connectivity index (χ0) is 23.7. The van der Waals surface area contributed by atoms with Crippen molar-refractivity contribution < 1.29 is 9.90 Å². The monoisotopic (exact) mass is 456 g/mol. The van der Waals surface area contributed by atoms with Crippen molar-refractivity contribution in [2.24, 2.45) is 0 Å². The van der Waals surface area contributed by atoms with E-state index in [1.807, 2.05) is 28.8 Å². The van der Waals surface area contributed by atoms with E-state index in [9.17, 15) is 9.90 Å². The summed E-state index contributed by atoms with van der Waals surface area (Å²) in [6.07, 6.45) is 2.84.